The molecule has 1 aromatic carbocycles. The minimum absolute atomic E-state index is 0.0387. The lowest BCUT2D eigenvalue weighted by Crippen LogP contribution is -2.52. The molecule has 8 heteroatoms. The van der Waals surface area contributed by atoms with Gasteiger partial charge in [-0.2, -0.15) is 4.31 Å². The normalized spacial score (nSPS) is 16.8. The summed E-state index contributed by atoms with van der Waals surface area (Å²) in [4.78, 5) is 14.6. The van der Waals surface area contributed by atoms with E-state index >= 15 is 0 Å². The number of hydrogen-bond acceptors (Lipinski definition) is 5. The molecule has 1 fully saturated rings. The molecule has 0 unspecified atom stereocenters. The molecule has 1 amide bonds. The van der Waals surface area contributed by atoms with Crippen LogP contribution in [0.4, 0.5) is 0 Å². The Morgan fingerprint density at radius 1 is 1.14 bits per heavy atom. The van der Waals surface area contributed by atoms with E-state index in [4.69, 9.17) is 4.42 Å². The summed E-state index contributed by atoms with van der Waals surface area (Å²) in [5, 5.41) is 3.15. The summed E-state index contributed by atoms with van der Waals surface area (Å²) in [5.74, 6) is 0.737. The van der Waals surface area contributed by atoms with Crippen molar-refractivity contribution in [1.29, 1.82) is 0 Å². The molecule has 0 bridgehead atoms. The molecule has 0 radical (unpaired) electrons. The van der Waals surface area contributed by atoms with E-state index in [1.807, 2.05) is 52.0 Å². The summed E-state index contributed by atoms with van der Waals surface area (Å²) in [7, 11) is -3.58. The maximum absolute atomic E-state index is 13.2. The van der Waals surface area contributed by atoms with Crippen LogP contribution in [0.3, 0.4) is 0 Å². The molecule has 158 valence electrons. The number of carbonyl (C=O) groups is 1. The van der Waals surface area contributed by atoms with Crippen molar-refractivity contribution in [2.75, 3.05) is 32.7 Å². The molecule has 0 saturated carbocycles. The van der Waals surface area contributed by atoms with Crippen LogP contribution in [-0.2, 0) is 14.8 Å². The van der Waals surface area contributed by atoms with Gasteiger partial charge in [-0.05, 0) is 51.0 Å². The lowest BCUT2D eigenvalue weighted by molar-refractivity contribution is -0.131. The molecule has 0 aliphatic carbocycles. The minimum Gasteiger partial charge on any atom is -0.468 e. The van der Waals surface area contributed by atoms with Gasteiger partial charge in [0.25, 0.3) is 0 Å². The largest absolute Gasteiger partial charge is 0.468 e. The second-order valence-corrected chi connectivity index (χ2v) is 9.51. The van der Waals surface area contributed by atoms with Crippen molar-refractivity contribution in [3.8, 4) is 0 Å². The summed E-state index contributed by atoms with van der Waals surface area (Å²) in [6.07, 6.45) is 1.60. The van der Waals surface area contributed by atoms with E-state index in [1.54, 1.807) is 11.2 Å². The van der Waals surface area contributed by atoms with Crippen LogP contribution in [0.1, 0.15) is 35.4 Å². The Morgan fingerprint density at radius 3 is 2.31 bits per heavy atom. The van der Waals surface area contributed by atoms with Crippen molar-refractivity contribution in [2.45, 2.75) is 38.6 Å². The SMILES string of the molecule is Cc1cc(C)c(S(=O)(=O)N2CCN(C(=O)CN[C@H](C)c3ccco3)CC2)c(C)c1. The zero-order valence-electron chi connectivity index (χ0n) is 17.4. The zero-order chi connectivity index (χ0) is 21.2. The number of nitrogens with zero attached hydrogens (tertiary/aromatic N) is 2. The van der Waals surface area contributed by atoms with Gasteiger partial charge >= 0.3 is 0 Å². The number of aryl methyl sites for hydroxylation is 3. The molecule has 7 nitrogen and oxygen atoms in total. The van der Waals surface area contributed by atoms with Crippen molar-refractivity contribution in [1.82, 2.24) is 14.5 Å². The Labute approximate surface area is 172 Å². The maximum Gasteiger partial charge on any atom is 0.243 e. The second-order valence-electron chi connectivity index (χ2n) is 7.63. The van der Waals surface area contributed by atoms with Gasteiger partial charge in [0, 0.05) is 26.2 Å². The first kappa shape index (κ1) is 21.5. The van der Waals surface area contributed by atoms with Crippen LogP contribution >= 0.6 is 0 Å². The Balaban J connectivity index is 1.59. The smallest absolute Gasteiger partial charge is 0.243 e. The van der Waals surface area contributed by atoms with E-state index < -0.39 is 10.0 Å². The number of hydrogen-bond donors (Lipinski definition) is 1. The fourth-order valence-electron chi connectivity index (χ4n) is 3.87. The highest BCUT2D eigenvalue weighted by Gasteiger charge is 2.32. The van der Waals surface area contributed by atoms with Gasteiger partial charge in [0.05, 0.1) is 23.7 Å². The molecule has 1 atom stereocenters. The first-order valence-electron chi connectivity index (χ1n) is 9.82. The third kappa shape index (κ3) is 4.71. The number of benzene rings is 1. The second kappa shape index (κ2) is 8.69. The fraction of sp³-hybridized carbons (Fsp3) is 0.476. The predicted octanol–water partition coefficient (Wildman–Crippen LogP) is 2.39. The molecule has 1 aliphatic heterocycles. The monoisotopic (exact) mass is 419 g/mol. The van der Waals surface area contributed by atoms with Crippen LogP contribution in [0.15, 0.2) is 39.8 Å². The van der Waals surface area contributed by atoms with E-state index in [0.717, 1.165) is 22.5 Å². The summed E-state index contributed by atoms with van der Waals surface area (Å²) in [5.41, 5.74) is 2.57. The van der Waals surface area contributed by atoms with E-state index in [2.05, 4.69) is 5.32 Å². The minimum atomic E-state index is -3.58. The van der Waals surface area contributed by atoms with Crippen molar-refractivity contribution < 1.29 is 17.6 Å². The Hall–Kier alpha value is -2.16. The average Bonchev–Trinajstić information content (AvgIpc) is 3.19. The van der Waals surface area contributed by atoms with Gasteiger partial charge in [-0.3, -0.25) is 10.1 Å². The summed E-state index contributed by atoms with van der Waals surface area (Å²) in [6.45, 7) is 9.12. The number of amides is 1. The molecule has 1 aromatic heterocycles. The number of nitrogens with one attached hydrogen (secondary N) is 1. The topological polar surface area (TPSA) is 82.9 Å². The number of furan rings is 1. The molecule has 29 heavy (non-hydrogen) atoms. The van der Waals surface area contributed by atoms with Crippen LogP contribution in [-0.4, -0.2) is 56.3 Å². The lowest BCUT2D eigenvalue weighted by atomic mass is 10.1. The predicted molar refractivity (Wildman–Crippen MR) is 111 cm³/mol. The summed E-state index contributed by atoms with van der Waals surface area (Å²) >= 11 is 0. The van der Waals surface area contributed by atoms with Crippen LogP contribution in [0.2, 0.25) is 0 Å². The molecule has 3 rings (SSSR count). The van der Waals surface area contributed by atoms with Crippen molar-refractivity contribution in [3.63, 3.8) is 0 Å². The Kier molecular flexibility index (Phi) is 6.45. The molecule has 2 aromatic rings. The number of carbonyl (C=O) groups excluding carboxylic acids is 1. The van der Waals surface area contributed by atoms with Crippen molar-refractivity contribution >= 4 is 15.9 Å². The van der Waals surface area contributed by atoms with Crippen molar-refractivity contribution in [3.05, 3.63) is 53.0 Å². The van der Waals surface area contributed by atoms with Crippen LogP contribution in [0, 0.1) is 20.8 Å². The first-order valence-corrected chi connectivity index (χ1v) is 11.3. The van der Waals surface area contributed by atoms with Gasteiger partial charge in [-0.1, -0.05) is 17.7 Å². The highest BCUT2D eigenvalue weighted by molar-refractivity contribution is 7.89. The van der Waals surface area contributed by atoms with Crippen LogP contribution in [0.25, 0.3) is 0 Å². The zero-order valence-corrected chi connectivity index (χ0v) is 18.3. The third-order valence-corrected chi connectivity index (χ3v) is 7.53. The van der Waals surface area contributed by atoms with Crippen molar-refractivity contribution in [2.24, 2.45) is 0 Å². The number of sulfonamides is 1. The van der Waals surface area contributed by atoms with Gasteiger partial charge in [-0.15, -0.1) is 0 Å². The van der Waals surface area contributed by atoms with Gasteiger partial charge < -0.3 is 9.32 Å². The molecule has 1 saturated heterocycles. The standard InChI is InChI=1S/C21H29N3O4S/c1-15-12-16(2)21(17(3)13-15)29(26,27)24-9-7-23(8-10-24)20(25)14-22-18(4)19-6-5-11-28-19/h5-6,11-13,18,22H,7-10,14H2,1-4H3/t18-/m1/s1. The summed E-state index contributed by atoms with van der Waals surface area (Å²) in [6, 6.07) is 7.40. The van der Waals surface area contributed by atoms with Gasteiger partial charge in [0.2, 0.25) is 15.9 Å². The third-order valence-electron chi connectivity index (χ3n) is 5.32. The van der Waals surface area contributed by atoms with E-state index in [-0.39, 0.29) is 18.5 Å². The molecule has 1 N–H and O–H groups in total. The molecular formula is C21H29N3O4S. The Morgan fingerprint density at radius 2 is 1.76 bits per heavy atom. The van der Waals surface area contributed by atoms with Gasteiger partial charge in [-0.25, -0.2) is 8.42 Å². The van der Waals surface area contributed by atoms with E-state index in [0.29, 0.717) is 31.1 Å². The first-order chi connectivity index (χ1) is 13.7. The van der Waals surface area contributed by atoms with Crippen LogP contribution < -0.4 is 5.32 Å². The lowest BCUT2D eigenvalue weighted by Gasteiger charge is -2.34. The average molecular weight is 420 g/mol. The highest BCUT2D eigenvalue weighted by Crippen LogP contribution is 2.26. The molecule has 2 heterocycles. The molecular weight excluding hydrogens is 390 g/mol. The fourth-order valence-corrected chi connectivity index (χ4v) is 5.70. The van der Waals surface area contributed by atoms with Gasteiger partial charge in [0.1, 0.15) is 5.76 Å². The molecule has 1 aliphatic rings. The Bertz CT molecular complexity index is 939. The molecule has 0 spiro atoms. The van der Waals surface area contributed by atoms with E-state index in [1.165, 1.54) is 4.31 Å². The quantitative estimate of drug-likeness (QED) is 0.777. The van der Waals surface area contributed by atoms with Crippen LogP contribution in [0.5, 0.6) is 0 Å². The number of rotatable bonds is 6. The van der Waals surface area contributed by atoms with Gasteiger partial charge in [0.15, 0.2) is 0 Å². The number of piperazine rings is 1. The summed E-state index contributed by atoms with van der Waals surface area (Å²) < 4.78 is 33.1. The highest BCUT2D eigenvalue weighted by atomic mass is 32.2. The van der Waals surface area contributed by atoms with E-state index in [9.17, 15) is 13.2 Å². The maximum atomic E-state index is 13.2.